The van der Waals surface area contributed by atoms with E-state index in [1.54, 1.807) is 0 Å². The number of carbonyl (C=O) groups excluding carboxylic acids is 2. The van der Waals surface area contributed by atoms with E-state index in [1.807, 2.05) is 0 Å². The number of esters is 2. The minimum atomic E-state index is -0.0193. The smallest absolute Gasteiger partial charge is 0.306 e. The third kappa shape index (κ3) is 36.2. The van der Waals surface area contributed by atoms with Crippen LogP contribution in [0.2, 0.25) is 0 Å². The number of hydrogen-bond acceptors (Lipinski definition) is 5. The van der Waals surface area contributed by atoms with Gasteiger partial charge in [-0.05, 0) is 57.8 Å². The van der Waals surface area contributed by atoms with Gasteiger partial charge in [0.25, 0.3) is 0 Å². The lowest BCUT2D eigenvalue weighted by Gasteiger charge is -2.18. The summed E-state index contributed by atoms with van der Waals surface area (Å²) in [6.45, 7) is 7.36. The maximum Gasteiger partial charge on any atom is 0.306 e. The van der Waals surface area contributed by atoms with Crippen molar-refractivity contribution < 1.29 is 19.1 Å². The highest BCUT2D eigenvalue weighted by molar-refractivity contribution is 5.69. The maximum absolute atomic E-state index is 12.6. The molecule has 0 aliphatic heterocycles. The van der Waals surface area contributed by atoms with Gasteiger partial charge in [0.15, 0.2) is 0 Å². The van der Waals surface area contributed by atoms with E-state index in [9.17, 15) is 9.59 Å². The Morgan fingerprint density at radius 3 is 1.19 bits per heavy atom. The van der Waals surface area contributed by atoms with E-state index >= 15 is 0 Å². The fourth-order valence-corrected chi connectivity index (χ4v) is 6.69. The fraction of sp³-hybridized carbons (Fsp3) is 0.953. The van der Waals surface area contributed by atoms with Gasteiger partial charge in [0.05, 0.1) is 6.61 Å². The summed E-state index contributed by atoms with van der Waals surface area (Å²) >= 11 is 0. The molecule has 0 radical (unpaired) electrons. The number of nitrogens with two attached hydrogens (primary N) is 1. The Hall–Kier alpha value is -1.10. The van der Waals surface area contributed by atoms with E-state index in [0.717, 1.165) is 57.8 Å². The van der Waals surface area contributed by atoms with Crippen LogP contribution >= 0.6 is 0 Å². The van der Waals surface area contributed by atoms with Crippen LogP contribution in [0.5, 0.6) is 0 Å². The summed E-state index contributed by atoms with van der Waals surface area (Å²) in [5.41, 5.74) is 6.39. The Balaban J connectivity index is 3.75. The van der Waals surface area contributed by atoms with Crippen LogP contribution in [0.15, 0.2) is 0 Å². The summed E-state index contributed by atoms with van der Waals surface area (Å²) in [6, 6.07) is 0.303. The van der Waals surface area contributed by atoms with Gasteiger partial charge >= 0.3 is 11.9 Å². The molecule has 0 aliphatic carbocycles. The molecule has 0 aliphatic rings. The standard InChI is InChI=1S/C43H85NO4/c1-4-7-10-13-16-25-32-39-47-42(45)37-30-23-17-19-26-33-40(44)34-27-20-18-24-31-38-43(46)48-41(35-28-21-14-11-8-5-2)36-29-22-15-12-9-6-3/h40-41H,4-39,44H2,1-3H3. The van der Waals surface area contributed by atoms with Crippen molar-refractivity contribution >= 4 is 11.9 Å². The third-order valence-corrected chi connectivity index (χ3v) is 9.98. The molecule has 0 heterocycles. The average molecular weight is 680 g/mol. The average Bonchev–Trinajstić information content (AvgIpc) is 3.07. The molecule has 0 saturated carbocycles. The second-order valence-corrected chi connectivity index (χ2v) is 14.9. The van der Waals surface area contributed by atoms with Crippen molar-refractivity contribution in [3.05, 3.63) is 0 Å². The number of hydrogen-bond donors (Lipinski definition) is 1. The van der Waals surface area contributed by atoms with E-state index in [4.69, 9.17) is 15.2 Å². The molecule has 0 aromatic carbocycles. The molecule has 5 heteroatoms. The van der Waals surface area contributed by atoms with Crippen LogP contribution in [-0.2, 0) is 19.1 Å². The van der Waals surface area contributed by atoms with Crippen LogP contribution in [0.1, 0.15) is 245 Å². The van der Waals surface area contributed by atoms with Crippen LogP contribution in [-0.4, -0.2) is 30.7 Å². The van der Waals surface area contributed by atoms with Crippen molar-refractivity contribution in [2.45, 2.75) is 258 Å². The quantitative estimate of drug-likeness (QED) is 0.0517. The minimum Gasteiger partial charge on any atom is -0.466 e. The fourth-order valence-electron chi connectivity index (χ4n) is 6.69. The molecule has 0 amide bonds. The molecule has 0 spiro atoms. The van der Waals surface area contributed by atoms with Gasteiger partial charge in [0.1, 0.15) is 6.10 Å². The van der Waals surface area contributed by atoms with Crippen LogP contribution in [0.4, 0.5) is 0 Å². The van der Waals surface area contributed by atoms with E-state index in [-0.39, 0.29) is 18.0 Å². The zero-order valence-corrected chi connectivity index (χ0v) is 32.8. The highest BCUT2D eigenvalue weighted by Crippen LogP contribution is 2.19. The summed E-state index contributed by atoms with van der Waals surface area (Å²) in [5.74, 6) is 0.00639. The number of carbonyl (C=O) groups is 2. The monoisotopic (exact) mass is 680 g/mol. The van der Waals surface area contributed by atoms with E-state index in [2.05, 4.69) is 20.8 Å². The zero-order valence-electron chi connectivity index (χ0n) is 32.8. The van der Waals surface area contributed by atoms with Crippen LogP contribution in [0.25, 0.3) is 0 Å². The molecule has 0 aromatic rings. The van der Waals surface area contributed by atoms with Gasteiger partial charge in [-0.15, -0.1) is 0 Å². The molecule has 1 unspecified atom stereocenters. The first-order chi connectivity index (χ1) is 23.5. The van der Waals surface area contributed by atoms with E-state index in [1.165, 1.54) is 154 Å². The van der Waals surface area contributed by atoms with Crippen molar-refractivity contribution in [1.82, 2.24) is 0 Å². The van der Waals surface area contributed by atoms with Gasteiger partial charge in [0, 0.05) is 18.9 Å². The van der Waals surface area contributed by atoms with Crippen molar-refractivity contribution in [2.24, 2.45) is 5.73 Å². The number of rotatable bonds is 39. The van der Waals surface area contributed by atoms with Crippen LogP contribution in [0, 0.1) is 0 Å². The van der Waals surface area contributed by atoms with Gasteiger partial charge in [-0.1, -0.05) is 175 Å². The Kier molecular flexibility index (Phi) is 37.8. The van der Waals surface area contributed by atoms with Crippen molar-refractivity contribution in [3.8, 4) is 0 Å². The Labute approximate surface area is 300 Å². The van der Waals surface area contributed by atoms with Crippen LogP contribution in [0.3, 0.4) is 0 Å². The molecular formula is C43H85NO4. The highest BCUT2D eigenvalue weighted by Gasteiger charge is 2.14. The van der Waals surface area contributed by atoms with Crippen molar-refractivity contribution in [2.75, 3.05) is 6.61 Å². The first-order valence-corrected chi connectivity index (χ1v) is 21.6. The largest absolute Gasteiger partial charge is 0.466 e. The third-order valence-electron chi connectivity index (χ3n) is 9.98. The molecule has 286 valence electrons. The maximum atomic E-state index is 12.6. The minimum absolute atomic E-state index is 0.0193. The second-order valence-electron chi connectivity index (χ2n) is 14.9. The second kappa shape index (κ2) is 38.7. The summed E-state index contributed by atoms with van der Waals surface area (Å²) in [5, 5.41) is 0. The molecule has 0 saturated heterocycles. The summed E-state index contributed by atoms with van der Waals surface area (Å²) < 4.78 is 11.4. The molecule has 2 N–H and O–H groups in total. The Morgan fingerprint density at radius 1 is 0.417 bits per heavy atom. The van der Waals surface area contributed by atoms with Gasteiger partial charge in [0.2, 0.25) is 0 Å². The van der Waals surface area contributed by atoms with Gasteiger partial charge in [-0.3, -0.25) is 9.59 Å². The number of unbranched alkanes of at least 4 members (excludes halogenated alkanes) is 24. The predicted octanol–water partition coefficient (Wildman–Crippen LogP) is 13.5. The molecule has 1 atom stereocenters. The predicted molar refractivity (Wildman–Crippen MR) is 207 cm³/mol. The summed E-state index contributed by atoms with van der Waals surface area (Å²) in [6.07, 6.45) is 41.0. The molecule has 0 rings (SSSR count). The lowest BCUT2D eigenvalue weighted by Crippen LogP contribution is -2.19. The van der Waals surface area contributed by atoms with Crippen molar-refractivity contribution in [3.63, 3.8) is 0 Å². The number of ether oxygens (including phenoxy) is 2. The van der Waals surface area contributed by atoms with Crippen molar-refractivity contribution in [1.29, 1.82) is 0 Å². The van der Waals surface area contributed by atoms with E-state index in [0.29, 0.717) is 25.5 Å². The molecule has 0 bridgehead atoms. The molecule has 48 heavy (non-hydrogen) atoms. The molecule has 0 fully saturated rings. The highest BCUT2D eigenvalue weighted by atomic mass is 16.5. The first-order valence-electron chi connectivity index (χ1n) is 21.6. The van der Waals surface area contributed by atoms with Gasteiger partial charge in [-0.25, -0.2) is 0 Å². The summed E-state index contributed by atoms with van der Waals surface area (Å²) in [4.78, 5) is 24.5. The topological polar surface area (TPSA) is 78.6 Å². The first kappa shape index (κ1) is 46.9. The van der Waals surface area contributed by atoms with Gasteiger partial charge < -0.3 is 15.2 Å². The van der Waals surface area contributed by atoms with Gasteiger partial charge in [-0.2, -0.15) is 0 Å². The Morgan fingerprint density at radius 2 is 0.750 bits per heavy atom. The lowest BCUT2D eigenvalue weighted by molar-refractivity contribution is -0.150. The zero-order chi connectivity index (χ0) is 35.2. The SMILES string of the molecule is CCCCCCCCCOC(=O)CCCCCCCC(N)CCCCCCCC(=O)OC(CCCCCCCC)CCCCCCCC. The van der Waals surface area contributed by atoms with E-state index < -0.39 is 0 Å². The summed E-state index contributed by atoms with van der Waals surface area (Å²) in [7, 11) is 0. The molecule has 0 aromatic heterocycles. The lowest BCUT2D eigenvalue weighted by atomic mass is 10.0. The van der Waals surface area contributed by atoms with Crippen LogP contribution < -0.4 is 5.73 Å². The Bertz CT molecular complexity index is 653. The molecule has 5 nitrogen and oxygen atoms in total. The normalized spacial score (nSPS) is 12.1. The molecular weight excluding hydrogens is 594 g/mol.